The smallest absolute Gasteiger partial charge is 0.326 e. The van der Waals surface area contributed by atoms with Crippen LogP contribution in [0.5, 0.6) is 0 Å². The third kappa shape index (κ3) is 4.24. The number of aryl methyl sites for hydroxylation is 1. The van der Waals surface area contributed by atoms with Crippen molar-refractivity contribution in [3.8, 4) is 0 Å². The molecule has 104 valence electrons. The van der Waals surface area contributed by atoms with Crippen molar-refractivity contribution in [1.29, 1.82) is 0 Å². The van der Waals surface area contributed by atoms with E-state index in [9.17, 15) is 14.9 Å². The first-order chi connectivity index (χ1) is 8.95. The summed E-state index contributed by atoms with van der Waals surface area (Å²) >= 11 is 0. The van der Waals surface area contributed by atoms with Gasteiger partial charge < -0.3 is 10.4 Å². The van der Waals surface area contributed by atoms with Gasteiger partial charge in [0.25, 0.3) is 5.69 Å². The molecule has 0 fully saturated rings. The fourth-order valence-electron chi connectivity index (χ4n) is 1.82. The van der Waals surface area contributed by atoms with Gasteiger partial charge in [-0.25, -0.2) is 4.79 Å². The zero-order valence-corrected chi connectivity index (χ0v) is 11.0. The number of hydrogen-bond acceptors (Lipinski definition) is 4. The minimum absolute atomic E-state index is 0.0333. The van der Waals surface area contributed by atoms with Crippen LogP contribution in [0, 0.1) is 17.0 Å². The summed E-state index contributed by atoms with van der Waals surface area (Å²) < 4.78 is 0. The van der Waals surface area contributed by atoms with E-state index in [1.54, 1.807) is 13.0 Å². The molecule has 1 rings (SSSR count). The van der Waals surface area contributed by atoms with Crippen molar-refractivity contribution in [2.45, 2.75) is 39.2 Å². The van der Waals surface area contributed by atoms with Gasteiger partial charge in [0.2, 0.25) is 0 Å². The monoisotopic (exact) mass is 266 g/mol. The summed E-state index contributed by atoms with van der Waals surface area (Å²) in [5, 5.41) is 22.7. The van der Waals surface area contributed by atoms with Crippen LogP contribution in [-0.2, 0) is 4.79 Å². The van der Waals surface area contributed by atoms with Crippen LogP contribution in [0.1, 0.15) is 31.7 Å². The zero-order valence-electron chi connectivity index (χ0n) is 11.0. The highest BCUT2D eigenvalue weighted by Crippen LogP contribution is 2.22. The van der Waals surface area contributed by atoms with E-state index in [1.165, 1.54) is 12.1 Å². The van der Waals surface area contributed by atoms with Gasteiger partial charge in [-0.3, -0.25) is 10.1 Å². The maximum absolute atomic E-state index is 11.1. The second-order valence-corrected chi connectivity index (χ2v) is 4.44. The van der Waals surface area contributed by atoms with Crippen molar-refractivity contribution >= 4 is 17.3 Å². The first kappa shape index (κ1) is 14.9. The van der Waals surface area contributed by atoms with E-state index in [-0.39, 0.29) is 5.69 Å². The molecular formula is C13H18N2O4. The van der Waals surface area contributed by atoms with Gasteiger partial charge in [0.1, 0.15) is 6.04 Å². The Morgan fingerprint density at radius 1 is 1.53 bits per heavy atom. The summed E-state index contributed by atoms with van der Waals surface area (Å²) in [7, 11) is 0. The first-order valence-corrected chi connectivity index (χ1v) is 6.20. The Morgan fingerprint density at radius 3 is 2.68 bits per heavy atom. The molecular weight excluding hydrogens is 248 g/mol. The van der Waals surface area contributed by atoms with Crippen LogP contribution < -0.4 is 5.32 Å². The van der Waals surface area contributed by atoms with Gasteiger partial charge >= 0.3 is 5.97 Å². The van der Waals surface area contributed by atoms with Crippen molar-refractivity contribution in [2.75, 3.05) is 5.32 Å². The molecule has 0 heterocycles. The Bertz CT molecular complexity index is 474. The van der Waals surface area contributed by atoms with Crippen LogP contribution in [0.2, 0.25) is 0 Å². The number of rotatable bonds is 7. The van der Waals surface area contributed by atoms with Crippen molar-refractivity contribution < 1.29 is 14.8 Å². The maximum Gasteiger partial charge on any atom is 0.326 e. The van der Waals surface area contributed by atoms with E-state index >= 15 is 0 Å². The van der Waals surface area contributed by atoms with E-state index in [0.29, 0.717) is 17.7 Å². The molecule has 6 nitrogen and oxygen atoms in total. The predicted octanol–water partition coefficient (Wildman–Crippen LogP) is 2.96. The minimum atomic E-state index is -0.913. The lowest BCUT2D eigenvalue weighted by Gasteiger charge is -2.15. The molecule has 1 aromatic rings. The van der Waals surface area contributed by atoms with E-state index < -0.39 is 16.9 Å². The highest BCUT2D eigenvalue weighted by Gasteiger charge is 2.17. The molecule has 0 saturated carbocycles. The van der Waals surface area contributed by atoms with Crippen LogP contribution in [0.3, 0.4) is 0 Å². The number of carboxylic acids is 1. The molecule has 0 unspecified atom stereocenters. The van der Waals surface area contributed by atoms with E-state index in [1.807, 2.05) is 6.92 Å². The second kappa shape index (κ2) is 6.72. The number of anilines is 1. The summed E-state index contributed by atoms with van der Waals surface area (Å²) in [6, 6.07) is 3.85. The van der Waals surface area contributed by atoms with Crippen molar-refractivity contribution in [1.82, 2.24) is 0 Å². The third-order valence-electron chi connectivity index (χ3n) is 2.88. The number of carboxylic acid groups (broad SMARTS) is 1. The summed E-state index contributed by atoms with van der Waals surface area (Å²) in [4.78, 5) is 21.3. The topological polar surface area (TPSA) is 92.5 Å². The average Bonchev–Trinajstić information content (AvgIpc) is 2.33. The number of nitrogens with zero attached hydrogens (tertiary/aromatic N) is 1. The van der Waals surface area contributed by atoms with E-state index in [4.69, 9.17) is 5.11 Å². The van der Waals surface area contributed by atoms with Gasteiger partial charge in [-0.2, -0.15) is 0 Å². The lowest BCUT2D eigenvalue weighted by molar-refractivity contribution is -0.385. The number of unbranched alkanes of at least 4 members (excludes halogenated alkanes) is 1. The molecule has 1 atom stereocenters. The van der Waals surface area contributed by atoms with Gasteiger partial charge in [-0.15, -0.1) is 0 Å². The lowest BCUT2D eigenvalue weighted by Crippen LogP contribution is -2.29. The summed E-state index contributed by atoms with van der Waals surface area (Å²) in [6.45, 7) is 3.63. The minimum Gasteiger partial charge on any atom is -0.480 e. The Morgan fingerprint density at radius 2 is 2.21 bits per heavy atom. The van der Waals surface area contributed by atoms with Gasteiger partial charge in [-0.1, -0.05) is 19.8 Å². The number of benzene rings is 1. The molecule has 0 saturated heterocycles. The molecule has 0 spiro atoms. The van der Waals surface area contributed by atoms with Crippen LogP contribution in [0.25, 0.3) is 0 Å². The number of hydrogen-bond donors (Lipinski definition) is 2. The van der Waals surface area contributed by atoms with Gasteiger partial charge in [0, 0.05) is 17.3 Å². The average molecular weight is 266 g/mol. The second-order valence-electron chi connectivity index (χ2n) is 4.44. The molecule has 2 N–H and O–H groups in total. The SMILES string of the molecule is CCCC[C@H](Nc1ccc([N+](=O)[O-])c(C)c1)C(=O)O. The largest absolute Gasteiger partial charge is 0.480 e. The van der Waals surface area contributed by atoms with E-state index in [0.717, 1.165) is 12.8 Å². The fourth-order valence-corrected chi connectivity index (χ4v) is 1.82. The number of nitro groups is 1. The molecule has 0 aliphatic rings. The quantitative estimate of drug-likeness (QED) is 0.584. The Kier molecular flexibility index (Phi) is 5.29. The molecule has 0 radical (unpaired) electrons. The summed E-state index contributed by atoms with van der Waals surface area (Å²) in [6.07, 6.45) is 2.27. The lowest BCUT2D eigenvalue weighted by atomic mass is 10.1. The van der Waals surface area contributed by atoms with Crippen LogP contribution in [0.15, 0.2) is 18.2 Å². The summed E-state index contributed by atoms with van der Waals surface area (Å²) in [5.41, 5.74) is 1.13. The fraction of sp³-hybridized carbons (Fsp3) is 0.462. The zero-order chi connectivity index (χ0) is 14.4. The maximum atomic E-state index is 11.1. The third-order valence-corrected chi connectivity index (χ3v) is 2.88. The Hall–Kier alpha value is -2.11. The van der Waals surface area contributed by atoms with Crippen LogP contribution in [-0.4, -0.2) is 22.0 Å². The van der Waals surface area contributed by atoms with Crippen molar-refractivity contribution in [3.63, 3.8) is 0 Å². The first-order valence-electron chi connectivity index (χ1n) is 6.20. The molecule has 0 amide bonds. The molecule has 0 aliphatic carbocycles. The molecule has 0 aromatic heterocycles. The predicted molar refractivity (Wildman–Crippen MR) is 72.4 cm³/mol. The highest BCUT2D eigenvalue weighted by atomic mass is 16.6. The number of nitro benzene ring substituents is 1. The number of nitrogens with one attached hydrogen (secondary N) is 1. The molecule has 6 heteroatoms. The Labute approximate surface area is 111 Å². The summed E-state index contributed by atoms with van der Waals surface area (Å²) in [5.74, 6) is -0.913. The van der Waals surface area contributed by atoms with Crippen molar-refractivity contribution in [3.05, 3.63) is 33.9 Å². The molecule has 0 bridgehead atoms. The van der Waals surface area contributed by atoms with Crippen LogP contribution >= 0.6 is 0 Å². The highest BCUT2D eigenvalue weighted by molar-refractivity contribution is 5.77. The van der Waals surface area contributed by atoms with Gasteiger partial charge in [0.15, 0.2) is 0 Å². The molecule has 1 aromatic carbocycles. The van der Waals surface area contributed by atoms with Gasteiger partial charge in [0.05, 0.1) is 4.92 Å². The van der Waals surface area contributed by atoms with Crippen LogP contribution in [0.4, 0.5) is 11.4 Å². The van der Waals surface area contributed by atoms with Gasteiger partial charge in [-0.05, 0) is 25.5 Å². The number of aliphatic carboxylic acids is 1. The van der Waals surface area contributed by atoms with E-state index in [2.05, 4.69) is 5.32 Å². The molecule has 19 heavy (non-hydrogen) atoms. The molecule has 0 aliphatic heterocycles. The number of carbonyl (C=O) groups is 1. The Balaban J connectivity index is 2.82. The normalized spacial score (nSPS) is 11.9. The van der Waals surface area contributed by atoms with Crippen molar-refractivity contribution in [2.24, 2.45) is 0 Å². The standard InChI is InChI=1S/C13H18N2O4/c1-3-4-5-11(13(16)17)14-10-6-7-12(15(18)19)9(2)8-10/h6-8,11,14H,3-5H2,1-2H3,(H,16,17)/t11-/m0/s1.